The van der Waals surface area contributed by atoms with Crippen molar-refractivity contribution in [3.63, 3.8) is 0 Å². The Labute approximate surface area is 170 Å². The Balaban J connectivity index is 1.90. The summed E-state index contributed by atoms with van der Waals surface area (Å²) in [6.07, 6.45) is 18.4. The molecule has 1 aromatic carbocycles. The standard InChI is InChI=1S/C23H38N2O3/c1-2-3-4-5-6-7-8-9-10-11-12-13-14-15-20-24-23(26)21-16-18-22(19-17-21)25(27)28/h16-19H,2-15,20H2,1H3,(H,24,26). The Hall–Kier alpha value is -1.91. The number of hydrogen-bond donors (Lipinski definition) is 1. The highest BCUT2D eigenvalue weighted by Gasteiger charge is 2.08. The van der Waals surface area contributed by atoms with Crippen molar-refractivity contribution in [2.45, 2.75) is 96.8 Å². The number of hydrogen-bond acceptors (Lipinski definition) is 3. The zero-order valence-corrected chi connectivity index (χ0v) is 17.6. The highest BCUT2D eigenvalue weighted by molar-refractivity contribution is 5.94. The van der Waals surface area contributed by atoms with Gasteiger partial charge in [0, 0.05) is 24.2 Å². The normalized spacial score (nSPS) is 10.8. The van der Waals surface area contributed by atoms with E-state index in [1.54, 1.807) is 0 Å². The summed E-state index contributed by atoms with van der Waals surface area (Å²) in [5.41, 5.74) is 0.472. The van der Waals surface area contributed by atoms with E-state index in [9.17, 15) is 14.9 Å². The van der Waals surface area contributed by atoms with Gasteiger partial charge in [-0.15, -0.1) is 0 Å². The summed E-state index contributed by atoms with van der Waals surface area (Å²) >= 11 is 0. The van der Waals surface area contributed by atoms with Crippen molar-refractivity contribution in [3.8, 4) is 0 Å². The van der Waals surface area contributed by atoms with Crippen LogP contribution >= 0.6 is 0 Å². The number of amides is 1. The largest absolute Gasteiger partial charge is 0.352 e. The van der Waals surface area contributed by atoms with Crippen LogP contribution in [-0.4, -0.2) is 17.4 Å². The van der Waals surface area contributed by atoms with Crippen LogP contribution in [0.4, 0.5) is 5.69 Å². The van der Waals surface area contributed by atoms with Crippen LogP contribution in [0.5, 0.6) is 0 Å². The quantitative estimate of drug-likeness (QED) is 0.180. The number of nitro benzene ring substituents is 1. The number of nitrogens with one attached hydrogen (secondary N) is 1. The lowest BCUT2D eigenvalue weighted by atomic mass is 10.0. The first-order valence-electron chi connectivity index (χ1n) is 11.2. The van der Waals surface area contributed by atoms with Crippen molar-refractivity contribution in [3.05, 3.63) is 39.9 Å². The molecule has 5 nitrogen and oxygen atoms in total. The highest BCUT2D eigenvalue weighted by Crippen LogP contribution is 2.13. The van der Waals surface area contributed by atoms with Gasteiger partial charge < -0.3 is 5.32 Å². The van der Waals surface area contributed by atoms with Crippen LogP contribution in [0.2, 0.25) is 0 Å². The molecule has 1 N–H and O–H groups in total. The summed E-state index contributed by atoms with van der Waals surface area (Å²) in [6, 6.07) is 5.72. The summed E-state index contributed by atoms with van der Waals surface area (Å²) in [7, 11) is 0. The van der Waals surface area contributed by atoms with Gasteiger partial charge in [-0.1, -0.05) is 90.4 Å². The van der Waals surface area contributed by atoms with Crippen molar-refractivity contribution in [2.24, 2.45) is 0 Å². The Kier molecular flexibility index (Phi) is 13.9. The molecule has 0 spiro atoms. The van der Waals surface area contributed by atoms with Crippen LogP contribution in [-0.2, 0) is 0 Å². The Bertz CT molecular complexity index is 543. The van der Waals surface area contributed by atoms with Crippen molar-refractivity contribution in [1.29, 1.82) is 0 Å². The topological polar surface area (TPSA) is 72.2 Å². The Morgan fingerprint density at radius 2 is 1.21 bits per heavy atom. The molecule has 0 aromatic heterocycles. The third-order valence-electron chi connectivity index (χ3n) is 5.16. The molecule has 0 heterocycles. The van der Waals surface area contributed by atoms with Crippen LogP contribution in [0.3, 0.4) is 0 Å². The number of benzene rings is 1. The molecule has 0 radical (unpaired) electrons. The molecule has 0 fully saturated rings. The molecule has 0 aliphatic rings. The van der Waals surface area contributed by atoms with Gasteiger partial charge in [-0.2, -0.15) is 0 Å². The van der Waals surface area contributed by atoms with Crippen molar-refractivity contribution >= 4 is 11.6 Å². The maximum Gasteiger partial charge on any atom is 0.269 e. The Morgan fingerprint density at radius 1 is 0.786 bits per heavy atom. The second-order valence-electron chi connectivity index (χ2n) is 7.66. The van der Waals surface area contributed by atoms with Gasteiger partial charge in [0.1, 0.15) is 0 Å². The number of nitro groups is 1. The van der Waals surface area contributed by atoms with E-state index in [1.165, 1.54) is 101 Å². The van der Waals surface area contributed by atoms with Crippen LogP contribution in [0, 0.1) is 10.1 Å². The van der Waals surface area contributed by atoms with Crippen LogP contribution in [0.15, 0.2) is 24.3 Å². The number of non-ortho nitro benzene ring substituents is 1. The van der Waals surface area contributed by atoms with E-state index in [2.05, 4.69) is 12.2 Å². The van der Waals surface area contributed by atoms with Crippen LogP contribution in [0.25, 0.3) is 0 Å². The fraction of sp³-hybridized carbons (Fsp3) is 0.696. The van der Waals surface area contributed by atoms with E-state index < -0.39 is 4.92 Å². The zero-order chi connectivity index (χ0) is 20.5. The predicted octanol–water partition coefficient (Wildman–Crippen LogP) is 6.81. The maximum atomic E-state index is 12.0. The molecular formula is C23H38N2O3. The minimum Gasteiger partial charge on any atom is -0.352 e. The van der Waals surface area contributed by atoms with Gasteiger partial charge in [0.05, 0.1) is 4.92 Å². The summed E-state index contributed by atoms with van der Waals surface area (Å²) in [4.78, 5) is 22.1. The third-order valence-corrected chi connectivity index (χ3v) is 5.16. The minimum absolute atomic E-state index is 0.00326. The molecule has 0 saturated carbocycles. The van der Waals surface area contributed by atoms with Gasteiger partial charge in [-0.25, -0.2) is 0 Å². The molecule has 5 heteroatoms. The van der Waals surface area contributed by atoms with Gasteiger partial charge >= 0.3 is 0 Å². The first-order valence-corrected chi connectivity index (χ1v) is 11.2. The van der Waals surface area contributed by atoms with E-state index in [4.69, 9.17) is 0 Å². The maximum absolute atomic E-state index is 12.0. The first-order chi connectivity index (χ1) is 13.6. The van der Waals surface area contributed by atoms with Crippen LogP contribution < -0.4 is 5.32 Å². The molecule has 1 rings (SSSR count). The zero-order valence-electron chi connectivity index (χ0n) is 17.6. The van der Waals surface area contributed by atoms with Gasteiger partial charge in [-0.05, 0) is 18.6 Å². The van der Waals surface area contributed by atoms with Crippen molar-refractivity contribution < 1.29 is 9.72 Å². The van der Waals surface area contributed by atoms with Crippen molar-refractivity contribution in [1.82, 2.24) is 5.32 Å². The molecule has 1 aromatic rings. The summed E-state index contributed by atoms with van der Waals surface area (Å²) in [6.45, 7) is 2.92. The van der Waals surface area contributed by atoms with Crippen LogP contribution in [0.1, 0.15) is 107 Å². The summed E-state index contributed by atoms with van der Waals surface area (Å²) < 4.78 is 0. The van der Waals surface area contributed by atoms with Gasteiger partial charge in [0.15, 0.2) is 0 Å². The molecule has 1 amide bonds. The Morgan fingerprint density at radius 3 is 1.64 bits per heavy atom. The number of unbranched alkanes of at least 4 members (excludes halogenated alkanes) is 13. The van der Waals surface area contributed by atoms with E-state index >= 15 is 0 Å². The monoisotopic (exact) mass is 390 g/mol. The van der Waals surface area contributed by atoms with E-state index in [1.807, 2.05) is 0 Å². The molecule has 158 valence electrons. The van der Waals surface area contributed by atoms with E-state index in [-0.39, 0.29) is 11.6 Å². The summed E-state index contributed by atoms with van der Waals surface area (Å²) in [5, 5.41) is 13.5. The number of nitrogens with zero attached hydrogens (tertiary/aromatic N) is 1. The van der Waals surface area contributed by atoms with Gasteiger partial charge in [0.25, 0.3) is 11.6 Å². The molecule has 0 atom stereocenters. The fourth-order valence-electron chi connectivity index (χ4n) is 3.36. The minimum atomic E-state index is -0.462. The SMILES string of the molecule is CCCCCCCCCCCCCCCCNC(=O)c1ccc([N+](=O)[O-])cc1. The van der Waals surface area contributed by atoms with Gasteiger partial charge in [0.2, 0.25) is 0 Å². The second kappa shape index (κ2) is 16.1. The number of carbonyl (C=O) groups is 1. The molecule has 0 aliphatic carbocycles. The number of rotatable bonds is 17. The lowest BCUT2D eigenvalue weighted by Crippen LogP contribution is -2.24. The first kappa shape index (κ1) is 24.1. The summed E-state index contributed by atoms with van der Waals surface area (Å²) in [5.74, 6) is -0.162. The molecule has 0 aliphatic heterocycles. The van der Waals surface area contributed by atoms with Crippen molar-refractivity contribution in [2.75, 3.05) is 6.54 Å². The van der Waals surface area contributed by atoms with E-state index in [0.717, 1.165) is 12.8 Å². The highest BCUT2D eigenvalue weighted by atomic mass is 16.6. The average Bonchev–Trinajstić information content (AvgIpc) is 2.70. The molecule has 0 unspecified atom stereocenters. The molecule has 0 saturated heterocycles. The molecule has 0 bridgehead atoms. The molecule has 28 heavy (non-hydrogen) atoms. The smallest absolute Gasteiger partial charge is 0.269 e. The van der Waals surface area contributed by atoms with Gasteiger partial charge in [-0.3, -0.25) is 14.9 Å². The average molecular weight is 391 g/mol. The number of carbonyl (C=O) groups excluding carboxylic acids is 1. The second-order valence-corrected chi connectivity index (χ2v) is 7.66. The van der Waals surface area contributed by atoms with E-state index in [0.29, 0.717) is 12.1 Å². The molecular weight excluding hydrogens is 352 g/mol. The predicted molar refractivity (Wildman–Crippen MR) is 116 cm³/mol. The lowest BCUT2D eigenvalue weighted by molar-refractivity contribution is -0.384. The fourth-order valence-corrected chi connectivity index (χ4v) is 3.36. The lowest BCUT2D eigenvalue weighted by Gasteiger charge is -2.05. The third kappa shape index (κ3) is 11.7.